The Labute approximate surface area is 158 Å². The fourth-order valence-electron chi connectivity index (χ4n) is 3.24. The van der Waals surface area contributed by atoms with Gasteiger partial charge >= 0.3 is 0 Å². The van der Waals surface area contributed by atoms with Crippen molar-refractivity contribution in [1.82, 2.24) is 10.3 Å². The van der Waals surface area contributed by atoms with Crippen molar-refractivity contribution >= 4 is 5.91 Å². The molecular formula is C22H22N2O3. The number of aryl methyl sites for hydroxylation is 2. The van der Waals surface area contributed by atoms with Crippen molar-refractivity contribution in [3.8, 4) is 17.0 Å². The summed E-state index contributed by atoms with van der Waals surface area (Å²) in [6.07, 6.45) is 5.27. The van der Waals surface area contributed by atoms with E-state index in [1.54, 1.807) is 6.26 Å². The van der Waals surface area contributed by atoms with Crippen LogP contribution in [0.5, 0.6) is 5.75 Å². The summed E-state index contributed by atoms with van der Waals surface area (Å²) in [5.74, 6) is 1.73. The third kappa shape index (κ3) is 4.19. The number of pyridine rings is 1. The fraction of sp³-hybridized carbons (Fsp3) is 0.273. The van der Waals surface area contributed by atoms with E-state index >= 15 is 0 Å². The lowest BCUT2D eigenvalue weighted by Gasteiger charge is -2.11. The summed E-state index contributed by atoms with van der Waals surface area (Å²) in [6, 6.07) is 14.0. The van der Waals surface area contributed by atoms with Crippen molar-refractivity contribution in [3.05, 3.63) is 71.8 Å². The number of ether oxygens (including phenoxy) is 1. The number of nitrogens with zero attached hydrogens (tertiary/aromatic N) is 1. The number of fused-ring (bicyclic) bond motifs is 1. The van der Waals surface area contributed by atoms with Crippen LogP contribution < -0.4 is 10.1 Å². The molecule has 3 aromatic rings. The molecule has 4 rings (SSSR count). The molecule has 5 nitrogen and oxygen atoms in total. The lowest BCUT2D eigenvalue weighted by molar-refractivity contribution is -0.121. The van der Waals surface area contributed by atoms with Crippen LogP contribution in [0.1, 0.15) is 23.3 Å². The minimum atomic E-state index is -0.0335. The monoisotopic (exact) mass is 362 g/mol. The van der Waals surface area contributed by atoms with Gasteiger partial charge in [0.2, 0.25) is 5.91 Å². The first-order chi connectivity index (χ1) is 13.2. The zero-order valence-corrected chi connectivity index (χ0v) is 15.3. The molecule has 0 aliphatic carbocycles. The number of benzene rings is 1. The maximum absolute atomic E-state index is 12.0. The number of carbonyl (C=O) groups excluding carboxylic acids is 1. The predicted octanol–water partition coefficient (Wildman–Crippen LogP) is 3.70. The lowest BCUT2D eigenvalue weighted by atomic mass is 10.0. The number of furan rings is 1. The molecule has 27 heavy (non-hydrogen) atoms. The van der Waals surface area contributed by atoms with E-state index in [0.29, 0.717) is 19.4 Å². The molecule has 1 unspecified atom stereocenters. The molecule has 1 atom stereocenters. The van der Waals surface area contributed by atoms with Crippen LogP contribution in [-0.2, 0) is 17.6 Å². The molecule has 1 aromatic carbocycles. The molecule has 0 spiro atoms. The van der Waals surface area contributed by atoms with Gasteiger partial charge in [-0.25, -0.2) is 0 Å². The summed E-state index contributed by atoms with van der Waals surface area (Å²) in [5, 5.41) is 2.96. The molecule has 0 saturated carbocycles. The minimum absolute atomic E-state index is 0.00972. The van der Waals surface area contributed by atoms with Crippen LogP contribution in [-0.4, -0.2) is 23.5 Å². The van der Waals surface area contributed by atoms with Crippen LogP contribution in [0.4, 0.5) is 0 Å². The Morgan fingerprint density at radius 1 is 1.26 bits per heavy atom. The predicted molar refractivity (Wildman–Crippen MR) is 103 cm³/mol. The third-order valence-corrected chi connectivity index (χ3v) is 4.71. The highest BCUT2D eigenvalue weighted by Crippen LogP contribution is 2.32. The summed E-state index contributed by atoms with van der Waals surface area (Å²) in [7, 11) is 0. The number of hydrogen-bond donors (Lipinski definition) is 1. The second kappa shape index (κ2) is 7.66. The van der Waals surface area contributed by atoms with E-state index in [1.807, 2.05) is 43.5 Å². The van der Waals surface area contributed by atoms with Gasteiger partial charge in [-0.2, -0.15) is 0 Å². The van der Waals surface area contributed by atoms with Gasteiger partial charge in [-0.15, -0.1) is 0 Å². The normalized spacial score (nSPS) is 15.2. The van der Waals surface area contributed by atoms with E-state index in [1.165, 1.54) is 0 Å². The lowest BCUT2D eigenvalue weighted by Crippen LogP contribution is -2.34. The van der Waals surface area contributed by atoms with Gasteiger partial charge in [0.25, 0.3) is 0 Å². The van der Waals surface area contributed by atoms with E-state index in [2.05, 4.69) is 22.4 Å². The standard InChI is InChI=1S/C22H22N2O3/c1-15-4-7-20(23-13-15)16-5-8-21-17(11-16)12-19(27-21)14-24-22(25)9-6-18-3-2-10-26-18/h2-5,7-8,10-11,13,19H,6,9,12,14H2,1H3,(H,24,25). The number of aromatic nitrogens is 1. The van der Waals surface area contributed by atoms with Crippen LogP contribution in [0.15, 0.2) is 59.3 Å². The second-order valence-electron chi connectivity index (χ2n) is 6.87. The highest BCUT2D eigenvalue weighted by atomic mass is 16.5. The molecule has 138 valence electrons. The third-order valence-electron chi connectivity index (χ3n) is 4.71. The molecule has 0 radical (unpaired) electrons. The number of carbonyl (C=O) groups is 1. The zero-order valence-electron chi connectivity index (χ0n) is 15.3. The van der Waals surface area contributed by atoms with E-state index in [9.17, 15) is 4.79 Å². The van der Waals surface area contributed by atoms with Crippen LogP contribution in [0, 0.1) is 6.92 Å². The number of rotatable bonds is 6. The quantitative estimate of drug-likeness (QED) is 0.726. The van der Waals surface area contributed by atoms with Gasteiger partial charge in [-0.05, 0) is 54.4 Å². The number of amides is 1. The fourth-order valence-corrected chi connectivity index (χ4v) is 3.24. The van der Waals surface area contributed by atoms with Crippen molar-refractivity contribution in [2.24, 2.45) is 0 Å². The Balaban J connectivity index is 1.31. The number of hydrogen-bond acceptors (Lipinski definition) is 4. The minimum Gasteiger partial charge on any atom is -0.488 e. The molecule has 0 bridgehead atoms. The second-order valence-corrected chi connectivity index (χ2v) is 6.87. The summed E-state index contributed by atoms with van der Waals surface area (Å²) in [6.45, 7) is 2.53. The summed E-state index contributed by atoms with van der Waals surface area (Å²) < 4.78 is 11.2. The zero-order chi connectivity index (χ0) is 18.6. The highest BCUT2D eigenvalue weighted by Gasteiger charge is 2.23. The van der Waals surface area contributed by atoms with E-state index < -0.39 is 0 Å². The van der Waals surface area contributed by atoms with Crippen LogP contribution in [0.3, 0.4) is 0 Å². The van der Waals surface area contributed by atoms with Gasteiger partial charge in [-0.3, -0.25) is 9.78 Å². The summed E-state index contributed by atoms with van der Waals surface area (Å²) in [5.41, 5.74) is 4.34. The Kier molecular flexibility index (Phi) is 4.92. The van der Waals surface area contributed by atoms with Crippen molar-refractivity contribution in [2.45, 2.75) is 32.3 Å². The summed E-state index contributed by atoms with van der Waals surface area (Å²) >= 11 is 0. The van der Waals surface area contributed by atoms with Gasteiger partial charge in [0.05, 0.1) is 18.5 Å². The Morgan fingerprint density at radius 2 is 2.19 bits per heavy atom. The topological polar surface area (TPSA) is 64.4 Å². The average molecular weight is 362 g/mol. The number of nitrogens with one attached hydrogen (secondary N) is 1. The molecule has 3 heterocycles. The maximum Gasteiger partial charge on any atom is 0.220 e. The SMILES string of the molecule is Cc1ccc(-c2ccc3c(c2)CC(CNC(=O)CCc2ccco2)O3)nc1. The molecule has 2 aromatic heterocycles. The van der Waals surface area contributed by atoms with Crippen LogP contribution in [0.2, 0.25) is 0 Å². The molecule has 1 aliphatic rings. The van der Waals surface area contributed by atoms with Crippen LogP contribution in [0.25, 0.3) is 11.3 Å². The molecule has 0 saturated heterocycles. The largest absolute Gasteiger partial charge is 0.488 e. The van der Waals surface area contributed by atoms with E-state index in [4.69, 9.17) is 9.15 Å². The van der Waals surface area contributed by atoms with Crippen molar-refractivity contribution in [1.29, 1.82) is 0 Å². The molecule has 0 fully saturated rings. The van der Waals surface area contributed by atoms with Gasteiger partial charge < -0.3 is 14.5 Å². The van der Waals surface area contributed by atoms with E-state index in [-0.39, 0.29) is 12.0 Å². The first-order valence-electron chi connectivity index (χ1n) is 9.19. The molecule has 1 N–H and O–H groups in total. The van der Waals surface area contributed by atoms with Crippen molar-refractivity contribution < 1.29 is 13.9 Å². The average Bonchev–Trinajstić information content (AvgIpc) is 3.34. The summed E-state index contributed by atoms with van der Waals surface area (Å²) in [4.78, 5) is 16.5. The Morgan fingerprint density at radius 3 is 2.96 bits per heavy atom. The maximum atomic E-state index is 12.0. The van der Waals surface area contributed by atoms with Gasteiger partial charge in [0.1, 0.15) is 17.6 Å². The first-order valence-corrected chi connectivity index (χ1v) is 9.19. The Bertz CT molecular complexity index is 917. The molecule has 1 aliphatic heterocycles. The van der Waals surface area contributed by atoms with Gasteiger partial charge in [-0.1, -0.05) is 6.07 Å². The first kappa shape index (κ1) is 17.3. The molecule has 1 amide bonds. The molecule has 5 heteroatoms. The highest BCUT2D eigenvalue weighted by molar-refractivity contribution is 5.76. The van der Waals surface area contributed by atoms with Crippen LogP contribution >= 0.6 is 0 Å². The molecular weight excluding hydrogens is 340 g/mol. The van der Waals surface area contributed by atoms with Gasteiger partial charge in [0, 0.05) is 31.0 Å². The van der Waals surface area contributed by atoms with Gasteiger partial charge in [0.15, 0.2) is 0 Å². The Hall–Kier alpha value is -3.08. The smallest absolute Gasteiger partial charge is 0.220 e. The van der Waals surface area contributed by atoms with Crippen molar-refractivity contribution in [2.75, 3.05) is 6.54 Å². The van der Waals surface area contributed by atoms with E-state index in [0.717, 1.165) is 40.3 Å². The van der Waals surface area contributed by atoms with Crippen molar-refractivity contribution in [3.63, 3.8) is 0 Å².